The highest BCUT2D eigenvalue weighted by Crippen LogP contribution is 2.12. The molecule has 9 nitrogen and oxygen atoms in total. The number of quaternary nitrogens is 1. The lowest BCUT2D eigenvalue weighted by Gasteiger charge is -2.29. The van der Waals surface area contributed by atoms with Crippen LogP contribution in [0.1, 0.15) is 30.5 Å². The lowest BCUT2D eigenvalue weighted by Crippen LogP contribution is -2.45. The fourth-order valence-corrected chi connectivity index (χ4v) is 3.55. The van der Waals surface area contributed by atoms with Gasteiger partial charge in [-0.1, -0.05) is 36.4 Å². The van der Waals surface area contributed by atoms with Crippen LogP contribution in [0.15, 0.2) is 60.7 Å². The molecule has 2 rings (SSSR count). The van der Waals surface area contributed by atoms with E-state index in [2.05, 4.69) is 14.1 Å². The van der Waals surface area contributed by atoms with Crippen molar-refractivity contribution in [2.24, 2.45) is 0 Å². The van der Waals surface area contributed by atoms with Gasteiger partial charge in [-0.2, -0.15) is 0 Å². The number of hydrogen-bond donors (Lipinski definition) is 1. The molecule has 0 fully saturated rings. The summed E-state index contributed by atoms with van der Waals surface area (Å²) in [4.78, 5) is 24.1. The average molecular weight is 571 g/mol. The van der Waals surface area contributed by atoms with Gasteiger partial charge in [-0.3, -0.25) is 0 Å². The van der Waals surface area contributed by atoms with Crippen molar-refractivity contribution in [1.29, 1.82) is 0 Å². The molecule has 2 atom stereocenters. The van der Waals surface area contributed by atoms with Crippen LogP contribution >= 0.6 is 0 Å². The number of rotatable bonds is 18. The zero-order valence-electron chi connectivity index (χ0n) is 24.8. The van der Waals surface area contributed by atoms with Gasteiger partial charge in [0.2, 0.25) is 0 Å². The number of carbonyl (C=O) groups excluding carboxylic acids is 2. The fourth-order valence-electron chi connectivity index (χ4n) is 3.55. The maximum absolute atomic E-state index is 12.1. The summed E-state index contributed by atoms with van der Waals surface area (Å²) in [6.45, 7) is 6.73. The molecule has 9 heteroatoms. The summed E-state index contributed by atoms with van der Waals surface area (Å²) in [5, 5.41) is 9.09. The van der Waals surface area contributed by atoms with E-state index in [9.17, 15) is 9.59 Å². The maximum atomic E-state index is 12.1. The van der Waals surface area contributed by atoms with Crippen LogP contribution in [-0.4, -0.2) is 94.5 Å². The normalized spacial score (nSPS) is 13.3. The summed E-state index contributed by atoms with van der Waals surface area (Å²) in [6.07, 6.45) is 5.40. The second-order valence-corrected chi connectivity index (χ2v) is 10.4. The number of hydrogen-bond acceptors (Lipinski definition) is 8. The molecule has 0 saturated carbocycles. The average Bonchev–Trinajstić information content (AvgIpc) is 2.96. The molecule has 224 valence electrons. The molecule has 1 N–H and O–H groups in total. The van der Waals surface area contributed by atoms with Crippen LogP contribution < -0.4 is 4.74 Å². The molecule has 0 amide bonds. The highest BCUT2D eigenvalue weighted by molar-refractivity contribution is 5.87. The van der Waals surface area contributed by atoms with E-state index in [1.165, 1.54) is 12.2 Å². The first-order chi connectivity index (χ1) is 19.6. The van der Waals surface area contributed by atoms with Crippen LogP contribution in [0.2, 0.25) is 0 Å². The summed E-state index contributed by atoms with van der Waals surface area (Å²) in [5.41, 5.74) is 2.54. The Hall–Kier alpha value is -3.50. The topological polar surface area (TPSA) is 101 Å². The number of carbonyl (C=O) groups is 2. The third-order valence-electron chi connectivity index (χ3n) is 6.12. The lowest BCUT2D eigenvalue weighted by molar-refractivity contribution is -0.891. The highest BCUT2D eigenvalue weighted by atomic mass is 16.6. The Morgan fingerprint density at radius 2 is 1.22 bits per heavy atom. The predicted octanol–water partition coefficient (Wildman–Crippen LogP) is 3.89. The smallest absolute Gasteiger partial charge is 0.331 e. The monoisotopic (exact) mass is 570 g/mol. The number of ether oxygens (including phenoxy) is 5. The molecule has 0 aliphatic rings. The van der Waals surface area contributed by atoms with Crippen molar-refractivity contribution in [2.75, 3.05) is 60.7 Å². The van der Waals surface area contributed by atoms with Crippen molar-refractivity contribution in [3.8, 4) is 5.75 Å². The number of aliphatic hydroxyl groups excluding tert-OH is 1. The first-order valence-corrected chi connectivity index (χ1v) is 13.7. The van der Waals surface area contributed by atoms with Gasteiger partial charge in [0.25, 0.3) is 0 Å². The molecular weight excluding hydrogens is 526 g/mol. The molecule has 0 radical (unpaired) electrons. The minimum Gasteiger partial charge on any atom is -0.497 e. The number of aliphatic hydroxyl groups is 1. The molecule has 0 spiro atoms. The van der Waals surface area contributed by atoms with Gasteiger partial charge in [0.05, 0.1) is 54.2 Å². The zero-order valence-corrected chi connectivity index (χ0v) is 24.8. The van der Waals surface area contributed by atoms with E-state index < -0.39 is 11.9 Å². The van der Waals surface area contributed by atoms with Gasteiger partial charge < -0.3 is 33.3 Å². The Morgan fingerprint density at radius 1 is 0.780 bits per heavy atom. The van der Waals surface area contributed by atoms with Crippen LogP contribution in [0.25, 0.3) is 12.2 Å². The second kappa shape index (κ2) is 18.0. The summed E-state index contributed by atoms with van der Waals surface area (Å²) < 4.78 is 28.0. The molecule has 0 aliphatic heterocycles. The van der Waals surface area contributed by atoms with E-state index in [4.69, 9.17) is 28.8 Å². The van der Waals surface area contributed by atoms with E-state index in [1.54, 1.807) is 45.2 Å². The molecule has 0 aromatic heterocycles. The lowest BCUT2D eigenvalue weighted by atomic mass is 10.1. The quantitative estimate of drug-likeness (QED) is 0.125. The summed E-state index contributed by atoms with van der Waals surface area (Å²) in [6, 6.07) is 14.6. The van der Waals surface area contributed by atoms with Crippen LogP contribution in [0, 0.1) is 0 Å². The Labute approximate surface area is 243 Å². The van der Waals surface area contributed by atoms with Crippen LogP contribution in [-0.2, 0) is 35.1 Å². The molecule has 2 aromatic carbocycles. The standard InChI is InChI=1S/C32H44NO8/c1-25(40-31(35)16-12-27-6-8-29(22-34)9-7-27)23-38-20-18-33(3,4)19-21-39-24-26(2)41-32(36)17-13-28-10-14-30(37-5)15-11-28/h6-17,25-26,34H,18-24H2,1-5H3/q+1/b16-12+,17-13+. The van der Waals surface area contributed by atoms with Gasteiger partial charge in [0.1, 0.15) is 31.0 Å². The SMILES string of the molecule is COc1ccc(/C=C/C(=O)OC(C)COCC[N+](C)(C)CCOCC(C)OC(=O)/C=C/c2ccc(CO)cc2)cc1. The Morgan fingerprint density at radius 3 is 1.63 bits per heavy atom. The zero-order chi connectivity index (χ0) is 30.1. The second-order valence-electron chi connectivity index (χ2n) is 10.4. The Balaban J connectivity index is 1.55. The van der Waals surface area contributed by atoms with Gasteiger partial charge in [-0.15, -0.1) is 0 Å². The van der Waals surface area contributed by atoms with Crippen LogP contribution in [0.3, 0.4) is 0 Å². The maximum Gasteiger partial charge on any atom is 0.331 e. The molecule has 0 bridgehead atoms. The largest absolute Gasteiger partial charge is 0.497 e. The predicted molar refractivity (Wildman–Crippen MR) is 158 cm³/mol. The number of esters is 2. The summed E-state index contributed by atoms with van der Waals surface area (Å²) in [7, 11) is 5.77. The Bertz CT molecular complexity index is 1020. The van der Waals surface area contributed by atoms with Crippen LogP contribution in [0.5, 0.6) is 5.75 Å². The van der Waals surface area contributed by atoms with E-state index in [0.29, 0.717) is 30.9 Å². The van der Waals surface area contributed by atoms with Crippen molar-refractivity contribution in [2.45, 2.75) is 32.7 Å². The third-order valence-corrected chi connectivity index (χ3v) is 6.12. The van der Waals surface area contributed by atoms with Crippen molar-refractivity contribution in [3.05, 3.63) is 77.4 Å². The number of nitrogens with zero attached hydrogens (tertiary/aromatic N) is 1. The highest BCUT2D eigenvalue weighted by Gasteiger charge is 2.16. The van der Waals surface area contributed by atoms with E-state index in [0.717, 1.165) is 35.5 Å². The summed E-state index contributed by atoms with van der Waals surface area (Å²) in [5.74, 6) is -0.103. The van der Waals surface area contributed by atoms with Crippen molar-refractivity contribution >= 4 is 24.1 Å². The van der Waals surface area contributed by atoms with Crippen LogP contribution in [0.4, 0.5) is 0 Å². The first kappa shape index (κ1) is 33.7. The minimum atomic E-state index is -0.436. The molecule has 41 heavy (non-hydrogen) atoms. The molecule has 0 saturated heterocycles. The minimum absolute atomic E-state index is 0.0167. The van der Waals surface area contributed by atoms with Crippen molar-refractivity contribution in [3.63, 3.8) is 0 Å². The number of benzene rings is 2. The first-order valence-electron chi connectivity index (χ1n) is 13.7. The van der Waals surface area contributed by atoms with Crippen molar-refractivity contribution in [1.82, 2.24) is 0 Å². The number of likely N-dealkylation sites (N-methyl/N-ethyl adjacent to an activating group) is 1. The fraction of sp³-hybridized carbons (Fsp3) is 0.438. The van der Waals surface area contributed by atoms with E-state index in [1.807, 2.05) is 36.4 Å². The van der Waals surface area contributed by atoms with Gasteiger partial charge in [0, 0.05) is 12.2 Å². The van der Waals surface area contributed by atoms with Gasteiger partial charge in [-0.05, 0) is 54.8 Å². The van der Waals surface area contributed by atoms with E-state index >= 15 is 0 Å². The molecule has 2 aromatic rings. The molecular formula is C32H44NO8+. The van der Waals surface area contributed by atoms with Crippen molar-refractivity contribution < 1.29 is 42.9 Å². The number of methoxy groups -OCH3 is 1. The van der Waals surface area contributed by atoms with Gasteiger partial charge in [0.15, 0.2) is 0 Å². The summed E-state index contributed by atoms with van der Waals surface area (Å²) >= 11 is 0. The molecule has 0 heterocycles. The Kier molecular flexibility index (Phi) is 14.8. The third kappa shape index (κ3) is 14.6. The van der Waals surface area contributed by atoms with Gasteiger partial charge >= 0.3 is 11.9 Å². The molecule has 0 aliphatic carbocycles. The van der Waals surface area contributed by atoms with E-state index in [-0.39, 0.29) is 18.8 Å². The molecule has 2 unspecified atom stereocenters. The van der Waals surface area contributed by atoms with Gasteiger partial charge in [-0.25, -0.2) is 9.59 Å².